The zero-order chi connectivity index (χ0) is 11.5. The molecule has 0 saturated heterocycles. The lowest BCUT2D eigenvalue weighted by Gasteiger charge is -2.25. The van der Waals surface area contributed by atoms with E-state index in [2.05, 4.69) is 13.0 Å². The van der Waals surface area contributed by atoms with Crippen molar-refractivity contribution in [3.63, 3.8) is 0 Å². The summed E-state index contributed by atoms with van der Waals surface area (Å²) in [7, 11) is 0. The second-order valence-electron chi connectivity index (χ2n) is 5.13. The highest BCUT2D eigenvalue weighted by Crippen LogP contribution is 2.51. The average molecular weight is 224 g/mol. The minimum Gasteiger partial charge on any atom is -0.353 e. The van der Waals surface area contributed by atoms with Crippen LogP contribution in [-0.2, 0) is 9.47 Å². The monoisotopic (exact) mass is 224 g/mol. The third-order valence-corrected chi connectivity index (χ3v) is 4.11. The van der Waals surface area contributed by atoms with Crippen molar-refractivity contribution in [2.45, 2.75) is 46.3 Å². The molecule has 2 bridgehead atoms. The molecule has 0 spiro atoms. The minimum atomic E-state index is -0.0433. The standard InChI is InChI=1S/C14H24O2/c1-4-12-6-11-7-13(14(12)8-11)9-16-10(3)15-5-2/h4,10-11,13-14H,5-9H2,1-3H3/b12-4+. The highest BCUT2D eigenvalue weighted by molar-refractivity contribution is 5.18. The van der Waals surface area contributed by atoms with Gasteiger partial charge >= 0.3 is 0 Å². The Bertz CT molecular complexity index is 259. The van der Waals surface area contributed by atoms with Crippen molar-refractivity contribution in [3.8, 4) is 0 Å². The van der Waals surface area contributed by atoms with Gasteiger partial charge in [0, 0.05) is 6.61 Å². The van der Waals surface area contributed by atoms with Gasteiger partial charge in [0.1, 0.15) is 0 Å². The first-order chi connectivity index (χ1) is 7.74. The molecule has 0 N–H and O–H groups in total. The van der Waals surface area contributed by atoms with Gasteiger partial charge in [0.25, 0.3) is 0 Å². The highest BCUT2D eigenvalue weighted by Gasteiger charge is 2.42. The fourth-order valence-electron chi connectivity index (χ4n) is 3.40. The quantitative estimate of drug-likeness (QED) is 0.526. The molecule has 2 nitrogen and oxygen atoms in total. The van der Waals surface area contributed by atoms with E-state index in [9.17, 15) is 0 Å². The van der Waals surface area contributed by atoms with Gasteiger partial charge in [-0.15, -0.1) is 0 Å². The van der Waals surface area contributed by atoms with Crippen molar-refractivity contribution in [2.75, 3.05) is 13.2 Å². The first kappa shape index (κ1) is 12.1. The lowest BCUT2D eigenvalue weighted by molar-refractivity contribution is -0.137. The van der Waals surface area contributed by atoms with E-state index >= 15 is 0 Å². The van der Waals surface area contributed by atoms with Crippen molar-refractivity contribution in [1.29, 1.82) is 0 Å². The summed E-state index contributed by atoms with van der Waals surface area (Å²) in [5.41, 5.74) is 1.67. The van der Waals surface area contributed by atoms with Crippen LogP contribution in [-0.4, -0.2) is 19.5 Å². The van der Waals surface area contributed by atoms with Crippen LogP contribution >= 0.6 is 0 Å². The predicted molar refractivity (Wildman–Crippen MR) is 65.1 cm³/mol. The Morgan fingerprint density at radius 2 is 2.19 bits per heavy atom. The van der Waals surface area contributed by atoms with Crippen LogP contribution in [0.4, 0.5) is 0 Å². The average Bonchev–Trinajstić information content (AvgIpc) is 2.85. The van der Waals surface area contributed by atoms with Crippen molar-refractivity contribution in [1.82, 2.24) is 0 Å². The molecule has 0 heterocycles. The number of allylic oxidation sites excluding steroid dienone is 2. The third-order valence-electron chi connectivity index (χ3n) is 4.11. The summed E-state index contributed by atoms with van der Waals surface area (Å²) in [4.78, 5) is 0. The molecule has 0 radical (unpaired) electrons. The summed E-state index contributed by atoms with van der Waals surface area (Å²) in [6.07, 6.45) is 6.39. The van der Waals surface area contributed by atoms with E-state index in [-0.39, 0.29) is 6.29 Å². The van der Waals surface area contributed by atoms with E-state index in [0.29, 0.717) is 0 Å². The first-order valence-corrected chi connectivity index (χ1v) is 6.62. The maximum absolute atomic E-state index is 5.76. The Hall–Kier alpha value is -0.340. The van der Waals surface area contributed by atoms with Crippen LogP contribution < -0.4 is 0 Å². The number of rotatable bonds is 5. The van der Waals surface area contributed by atoms with Crippen molar-refractivity contribution in [2.24, 2.45) is 17.8 Å². The van der Waals surface area contributed by atoms with Crippen LogP contribution in [0.2, 0.25) is 0 Å². The highest BCUT2D eigenvalue weighted by atomic mass is 16.7. The van der Waals surface area contributed by atoms with E-state index in [4.69, 9.17) is 9.47 Å². The largest absolute Gasteiger partial charge is 0.353 e. The molecule has 0 amide bonds. The lowest BCUT2D eigenvalue weighted by Crippen LogP contribution is -2.23. The van der Waals surface area contributed by atoms with Gasteiger partial charge in [0.05, 0.1) is 6.61 Å². The Morgan fingerprint density at radius 1 is 1.38 bits per heavy atom. The molecule has 92 valence electrons. The fraction of sp³-hybridized carbons (Fsp3) is 0.857. The van der Waals surface area contributed by atoms with Crippen molar-refractivity contribution < 1.29 is 9.47 Å². The summed E-state index contributed by atoms with van der Waals surface area (Å²) in [6.45, 7) is 7.79. The maximum Gasteiger partial charge on any atom is 0.154 e. The topological polar surface area (TPSA) is 18.5 Å². The van der Waals surface area contributed by atoms with Crippen LogP contribution in [0, 0.1) is 17.8 Å². The second-order valence-corrected chi connectivity index (χ2v) is 5.13. The molecular weight excluding hydrogens is 200 g/mol. The Morgan fingerprint density at radius 3 is 2.81 bits per heavy atom. The van der Waals surface area contributed by atoms with Gasteiger partial charge in [0.2, 0.25) is 0 Å². The summed E-state index contributed by atoms with van der Waals surface area (Å²) in [5, 5.41) is 0. The van der Waals surface area contributed by atoms with Crippen LogP contribution in [0.25, 0.3) is 0 Å². The second kappa shape index (κ2) is 5.33. The van der Waals surface area contributed by atoms with Crippen LogP contribution in [0.5, 0.6) is 0 Å². The van der Waals surface area contributed by atoms with Gasteiger partial charge in [-0.2, -0.15) is 0 Å². The lowest BCUT2D eigenvalue weighted by atomic mass is 9.85. The predicted octanol–water partition coefficient (Wildman–Crippen LogP) is 3.38. The molecule has 0 aromatic rings. The molecule has 0 aliphatic heterocycles. The number of hydrogen-bond acceptors (Lipinski definition) is 2. The summed E-state index contributed by atoms with van der Waals surface area (Å²) < 4.78 is 11.2. The molecule has 2 aliphatic rings. The van der Waals surface area contributed by atoms with E-state index in [1.165, 1.54) is 19.3 Å². The minimum absolute atomic E-state index is 0.0433. The van der Waals surface area contributed by atoms with Crippen LogP contribution in [0.1, 0.15) is 40.0 Å². The summed E-state index contributed by atoms with van der Waals surface area (Å²) >= 11 is 0. The maximum atomic E-state index is 5.76. The SMILES string of the molecule is C/C=C1\CC2CC(COC(C)OCC)C1C2. The summed E-state index contributed by atoms with van der Waals surface area (Å²) in [6, 6.07) is 0. The first-order valence-electron chi connectivity index (χ1n) is 6.62. The van der Waals surface area contributed by atoms with Crippen LogP contribution in [0.3, 0.4) is 0 Å². The van der Waals surface area contributed by atoms with Gasteiger partial charge in [-0.25, -0.2) is 0 Å². The zero-order valence-electron chi connectivity index (χ0n) is 10.7. The van der Waals surface area contributed by atoms with Crippen molar-refractivity contribution in [3.05, 3.63) is 11.6 Å². The Kier molecular flexibility index (Phi) is 4.04. The molecular formula is C14H24O2. The molecule has 16 heavy (non-hydrogen) atoms. The van der Waals surface area contributed by atoms with Gasteiger partial charge in [-0.3, -0.25) is 0 Å². The number of fused-ring (bicyclic) bond motifs is 2. The molecule has 2 rings (SSSR count). The fourth-order valence-corrected chi connectivity index (χ4v) is 3.40. The number of ether oxygens (including phenoxy) is 2. The van der Waals surface area contributed by atoms with E-state index < -0.39 is 0 Å². The Balaban J connectivity index is 1.79. The summed E-state index contributed by atoms with van der Waals surface area (Å²) in [5.74, 6) is 2.49. The number of hydrogen-bond donors (Lipinski definition) is 0. The van der Waals surface area contributed by atoms with E-state index in [1.54, 1.807) is 5.57 Å². The smallest absolute Gasteiger partial charge is 0.154 e. The Labute approximate surface area is 99.0 Å². The molecule has 2 aliphatic carbocycles. The zero-order valence-corrected chi connectivity index (χ0v) is 10.7. The van der Waals surface area contributed by atoms with Gasteiger partial charge in [-0.1, -0.05) is 11.6 Å². The van der Waals surface area contributed by atoms with Gasteiger partial charge < -0.3 is 9.47 Å². The van der Waals surface area contributed by atoms with Crippen molar-refractivity contribution >= 4 is 0 Å². The van der Waals surface area contributed by atoms with Gasteiger partial charge in [0.15, 0.2) is 6.29 Å². The third kappa shape index (κ3) is 2.49. The van der Waals surface area contributed by atoms with Crippen LogP contribution in [0.15, 0.2) is 11.6 Å². The molecule has 0 aromatic carbocycles. The van der Waals surface area contributed by atoms with Gasteiger partial charge in [-0.05, 0) is 57.8 Å². The molecule has 2 saturated carbocycles. The molecule has 2 fully saturated rings. The van der Waals surface area contributed by atoms with E-state index in [1.807, 2.05) is 13.8 Å². The molecule has 0 aromatic heterocycles. The van der Waals surface area contributed by atoms with E-state index in [0.717, 1.165) is 31.0 Å². The molecule has 2 heteroatoms. The normalized spacial score (nSPS) is 37.2. The molecule has 4 unspecified atom stereocenters. The molecule has 4 atom stereocenters.